The molecule has 2 aliphatic rings. The number of aryl methyl sites for hydroxylation is 1. The number of ether oxygens (including phenoxy) is 1. The number of hydrogen-bond donors (Lipinski definition) is 1. The van der Waals surface area contributed by atoms with Crippen LogP contribution >= 0.6 is 0 Å². The fourth-order valence-electron chi connectivity index (χ4n) is 4.58. The Labute approximate surface area is 180 Å². The molecule has 0 amide bonds. The first-order valence-electron chi connectivity index (χ1n) is 10.7. The van der Waals surface area contributed by atoms with Crippen molar-refractivity contribution in [3.63, 3.8) is 0 Å². The standard InChI is InChI=1S/C24H32N2O3S/c1-23(2,3)26-15-13-24(14-16-26)12-11-20-17-19(7-10-22(20)29-24)18-5-8-21(9-6-18)25-30(4,27)28/h5-10,17,25H,11-16H2,1-4H3. The van der Waals surface area contributed by atoms with Gasteiger partial charge in [0.25, 0.3) is 0 Å². The lowest BCUT2D eigenvalue weighted by Crippen LogP contribution is -2.54. The molecule has 6 heteroatoms. The van der Waals surface area contributed by atoms with Crippen LogP contribution in [0.5, 0.6) is 5.75 Å². The van der Waals surface area contributed by atoms with Crippen LogP contribution in [0.25, 0.3) is 11.1 Å². The van der Waals surface area contributed by atoms with E-state index in [-0.39, 0.29) is 11.1 Å². The van der Waals surface area contributed by atoms with Gasteiger partial charge in [-0.15, -0.1) is 0 Å². The average Bonchev–Trinajstić information content (AvgIpc) is 2.67. The molecular weight excluding hydrogens is 396 g/mol. The zero-order valence-corrected chi connectivity index (χ0v) is 19.2. The van der Waals surface area contributed by atoms with Crippen LogP contribution in [0.2, 0.25) is 0 Å². The summed E-state index contributed by atoms with van der Waals surface area (Å²) in [4.78, 5) is 2.56. The van der Waals surface area contributed by atoms with Crippen molar-refractivity contribution in [2.75, 3.05) is 24.1 Å². The lowest BCUT2D eigenvalue weighted by molar-refractivity contribution is -0.0355. The number of rotatable bonds is 3. The second-order valence-electron chi connectivity index (χ2n) is 9.72. The van der Waals surface area contributed by atoms with Crippen molar-refractivity contribution in [3.8, 4) is 16.9 Å². The second-order valence-corrected chi connectivity index (χ2v) is 11.5. The highest BCUT2D eigenvalue weighted by Crippen LogP contribution is 2.41. The van der Waals surface area contributed by atoms with E-state index in [1.54, 1.807) is 12.1 Å². The van der Waals surface area contributed by atoms with Crippen molar-refractivity contribution in [2.45, 2.75) is 57.6 Å². The molecule has 4 rings (SSSR count). The monoisotopic (exact) mass is 428 g/mol. The van der Waals surface area contributed by atoms with Gasteiger partial charge in [-0.05, 0) is 87.4 Å². The van der Waals surface area contributed by atoms with E-state index >= 15 is 0 Å². The summed E-state index contributed by atoms with van der Waals surface area (Å²) in [6.07, 6.45) is 5.43. The predicted octanol–water partition coefficient (Wildman–Crippen LogP) is 4.68. The summed E-state index contributed by atoms with van der Waals surface area (Å²) in [6.45, 7) is 9.03. The van der Waals surface area contributed by atoms with Crippen molar-refractivity contribution >= 4 is 15.7 Å². The molecule has 1 saturated heterocycles. The topological polar surface area (TPSA) is 58.6 Å². The van der Waals surface area contributed by atoms with Gasteiger partial charge in [0.1, 0.15) is 11.4 Å². The first kappa shape index (κ1) is 21.2. The number of fused-ring (bicyclic) bond motifs is 1. The Morgan fingerprint density at radius 3 is 2.20 bits per heavy atom. The molecular formula is C24H32N2O3S. The van der Waals surface area contributed by atoms with Gasteiger partial charge in [0, 0.05) is 24.3 Å². The Morgan fingerprint density at radius 2 is 1.60 bits per heavy atom. The smallest absolute Gasteiger partial charge is 0.229 e. The number of piperidine rings is 1. The van der Waals surface area contributed by atoms with E-state index in [0.29, 0.717) is 5.69 Å². The minimum Gasteiger partial charge on any atom is -0.487 e. The molecule has 2 aromatic carbocycles. The van der Waals surface area contributed by atoms with E-state index in [4.69, 9.17) is 4.74 Å². The molecule has 1 fully saturated rings. The zero-order chi connectivity index (χ0) is 21.6. The third kappa shape index (κ3) is 4.65. The zero-order valence-electron chi connectivity index (χ0n) is 18.4. The Balaban J connectivity index is 1.47. The Bertz CT molecular complexity index is 1020. The first-order chi connectivity index (χ1) is 14.0. The molecule has 2 heterocycles. The molecule has 0 radical (unpaired) electrons. The maximum Gasteiger partial charge on any atom is 0.229 e. The van der Waals surface area contributed by atoms with Crippen LogP contribution < -0.4 is 9.46 Å². The fraction of sp³-hybridized carbons (Fsp3) is 0.500. The molecule has 5 nitrogen and oxygen atoms in total. The number of sulfonamides is 1. The molecule has 0 aromatic heterocycles. The second kappa shape index (κ2) is 7.57. The van der Waals surface area contributed by atoms with E-state index in [1.165, 1.54) is 5.56 Å². The van der Waals surface area contributed by atoms with Crippen molar-refractivity contribution in [1.29, 1.82) is 0 Å². The lowest BCUT2D eigenvalue weighted by atomic mass is 9.81. The van der Waals surface area contributed by atoms with Gasteiger partial charge >= 0.3 is 0 Å². The van der Waals surface area contributed by atoms with Gasteiger partial charge in [-0.1, -0.05) is 18.2 Å². The third-order valence-electron chi connectivity index (χ3n) is 6.38. The highest BCUT2D eigenvalue weighted by atomic mass is 32.2. The van der Waals surface area contributed by atoms with E-state index in [9.17, 15) is 8.42 Å². The first-order valence-corrected chi connectivity index (χ1v) is 12.6. The highest BCUT2D eigenvalue weighted by molar-refractivity contribution is 7.92. The summed E-state index contributed by atoms with van der Waals surface area (Å²) < 4.78 is 31.9. The summed E-state index contributed by atoms with van der Waals surface area (Å²) in [5.74, 6) is 1.02. The van der Waals surface area contributed by atoms with E-state index in [2.05, 4.69) is 48.6 Å². The SMILES string of the molecule is CC(C)(C)N1CCC2(CCc3cc(-c4ccc(NS(C)(=O)=O)cc4)ccc3O2)CC1. The molecule has 162 valence electrons. The van der Waals surface area contributed by atoms with Crippen LogP contribution in [0.3, 0.4) is 0 Å². The summed E-state index contributed by atoms with van der Waals surface area (Å²) >= 11 is 0. The maximum atomic E-state index is 11.4. The summed E-state index contributed by atoms with van der Waals surface area (Å²) in [5.41, 5.74) is 4.23. The predicted molar refractivity (Wildman–Crippen MR) is 123 cm³/mol. The summed E-state index contributed by atoms with van der Waals surface area (Å²) in [5, 5.41) is 0. The number of nitrogens with zero attached hydrogens (tertiary/aromatic N) is 1. The van der Waals surface area contributed by atoms with Gasteiger partial charge in [0.05, 0.1) is 6.26 Å². The molecule has 0 aliphatic carbocycles. The number of anilines is 1. The van der Waals surface area contributed by atoms with Crippen LogP contribution in [0, 0.1) is 0 Å². The summed E-state index contributed by atoms with van der Waals surface area (Å²) in [6, 6.07) is 13.9. The van der Waals surface area contributed by atoms with Crippen LogP contribution in [0.1, 0.15) is 45.6 Å². The van der Waals surface area contributed by atoms with Gasteiger partial charge in [-0.25, -0.2) is 8.42 Å². The summed E-state index contributed by atoms with van der Waals surface area (Å²) in [7, 11) is -3.26. The number of nitrogens with one attached hydrogen (secondary N) is 1. The minimum atomic E-state index is -3.26. The van der Waals surface area contributed by atoms with E-state index in [1.807, 2.05) is 12.1 Å². The normalized spacial score (nSPS) is 19.2. The average molecular weight is 429 g/mol. The Hall–Kier alpha value is -2.05. The molecule has 0 unspecified atom stereocenters. The number of likely N-dealkylation sites (tertiary alicyclic amines) is 1. The largest absolute Gasteiger partial charge is 0.487 e. The van der Waals surface area contributed by atoms with Gasteiger partial charge in [-0.2, -0.15) is 0 Å². The van der Waals surface area contributed by atoms with Crippen molar-refractivity contribution in [3.05, 3.63) is 48.0 Å². The van der Waals surface area contributed by atoms with Gasteiger partial charge < -0.3 is 4.74 Å². The molecule has 0 saturated carbocycles. The van der Waals surface area contributed by atoms with E-state index in [0.717, 1.165) is 61.9 Å². The molecule has 0 atom stereocenters. The van der Waals surface area contributed by atoms with Gasteiger partial charge in [0.2, 0.25) is 10.0 Å². The molecule has 2 aliphatic heterocycles. The Kier molecular flexibility index (Phi) is 5.35. The fourth-order valence-corrected chi connectivity index (χ4v) is 5.15. The van der Waals surface area contributed by atoms with Crippen LogP contribution in [-0.4, -0.2) is 43.8 Å². The van der Waals surface area contributed by atoms with Gasteiger partial charge in [0.15, 0.2) is 0 Å². The van der Waals surface area contributed by atoms with Gasteiger partial charge in [-0.3, -0.25) is 9.62 Å². The number of hydrogen-bond acceptors (Lipinski definition) is 4. The third-order valence-corrected chi connectivity index (χ3v) is 6.99. The minimum absolute atomic E-state index is 0.0186. The van der Waals surface area contributed by atoms with E-state index < -0.39 is 10.0 Å². The molecule has 2 aromatic rings. The molecule has 1 N–H and O–H groups in total. The van der Waals surface area contributed by atoms with Crippen molar-refractivity contribution in [1.82, 2.24) is 4.90 Å². The lowest BCUT2D eigenvalue weighted by Gasteiger charge is -2.48. The molecule has 0 bridgehead atoms. The quantitative estimate of drug-likeness (QED) is 0.771. The van der Waals surface area contributed by atoms with Crippen LogP contribution in [0.4, 0.5) is 5.69 Å². The molecule has 30 heavy (non-hydrogen) atoms. The number of benzene rings is 2. The van der Waals surface area contributed by atoms with Crippen LogP contribution in [0.15, 0.2) is 42.5 Å². The van der Waals surface area contributed by atoms with Crippen LogP contribution in [-0.2, 0) is 16.4 Å². The maximum absolute atomic E-state index is 11.4. The Morgan fingerprint density at radius 1 is 0.967 bits per heavy atom. The van der Waals surface area contributed by atoms with Crippen molar-refractivity contribution in [2.24, 2.45) is 0 Å². The molecule has 1 spiro atoms. The highest BCUT2D eigenvalue weighted by Gasteiger charge is 2.41. The van der Waals surface area contributed by atoms with Crippen molar-refractivity contribution < 1.29 is 13.2 Å².